The lowest BCUT2D eigenvalue weighted by molar-refractivity contribution is 1.53. The third-order valence-corrected chi connectivity index (χ3v) is 2.72. The van der Waals surface area contributed by atoms with Crippen molar-refractivity contribution < 1.29 is 0 Å². The first kappa shape index (κ1) is 9.37. The first-order valence-electron chi connectivity index (χ1n) is 3.30. The van der Waals surface area contributed by atoms with Crippen molar-refractivity contribution in [2.75, 3.05) is 0 Å². The predicted octanol–water partition coefficient (Wildman–Crippen LogP) is 3.20. The average Bonchev–Trinajstić information content (AvgIpc) is 2.17. The van der Waals surface area contributed by atoms with Gasteiger partial charge in [-0.3, -0.25) is 0 Å². The average molecular weight is 240 g/mol. The largest absolute Gasteiger partial charge is 0.192 e. The number of thiol groups is 1. The van der Waals surface area contributed by atoms with Crippen LogP contribution in [-0.2, 0) is 0 Å². The second-order valence-corrected chi connectivity index (χ2v) is 3.38. The fraction of sp³-hybridized carbons (Fsp3) is 0. The van der Waals surface area contributed by atoms with Crippen molar-refractivity contribution in [3.05, 3.63) is 40.4 Å². The smallest absolute Gasteiger partial charge is 0.109 e. The Morgan fingerprint density at radius 1 is 1.33 bits per heavy atom. The molecule has 0 amide bonds. The van der Waals surface area contributed by atoms with Gasteiger partial charge in [-0.15, -0.1) is 12.6 Å². The normalized spacial score (nSPS) is 11.8. The van der Waals surface area contributed by atoms with Gasteiger partial charge in [0.1, 0.15) is 10.6 Å². The molecular weight excluding hydrogens is 234 g/mol. The van der Waals surface area contributed by atoms with Crippen LogP contribution in [0.3, 0.4) is 0 Å². The summed E-state index contributed by atoms with van der Waals surface area (Å²) >= 11 is 7.33. The second-order valence-electron chi connectivity index (χ2n) is 2.14. The maximum Gasteiger partial charge on any atom is 0.109 e. The van der Waals surface area contributed by atoms with Crippen LogP contribution in [0, 0.1) is 11.3 Å². The first-order valence-corrected chi connectivity index (χ1v) is 4.54. The molecule has 0 heterocycles. The molecule has 0 aliphatic rings. The third kappa shape index (κ3) is 2.13. The highest BCUT2D eigenvalue weighted by Gasteiger charge is 2.00. The highest BCUT2D eigenvalue weighted by atomic mass is 79.9. The summed E-state index contributed by atoms with van der Waals surface area (Å²) in [6.45, 7) is 0. The molecule has 0 bridgehead atoms. The van der Waals surface area contributed by atoms with E-state index in [1.165, 1.54) is 0 Å². The van der Waals surface area contributed by atoms with Gasteiger partial charge in [0, 0.05) is 4.91 Å². The van der Waals surface area contributed by atoms with Crippen molar-refractivity contribution in [3.8, 4) is 6.07 Å². The Balaban J connectivity index is 3.11. The van der Waals surface area contributed by atoms with Crippen molar-refractivity contribution >= 4 is 33.5 Å². The Labute approximate surface area is 85.3 Å². The Morgan fingerprint density at radius 2 is 1.92 bits per heavy atom. The van der Waals surface area contributed by atoms with Gasteiger partial charge in [0.25, 0.3) is 0 Å². The summed E-state index contributed by atoms with van der Waals surface area (Å²) in [5.74, 6) is 0. The molecule has 1 nitrogen and oxygen atoms in total. The number of hydrogen-bond donors (Lipinski definition) is 1. The maximum atomic E-state index is 8.56. The van der Waals surface area contributed by atoms with Crippen LogP contribution in [0.25, 0.3) is 4.91 Å². The van der Waals surface area contributed by atoms with E-state index in [4.69, 9.17) is 5.26 Å². The Bertz CT molecular complexity index is 337. The highest BCUT2D eigenvalue weighted by Crippen LogP contribution is 2.24. The Morgan fingerprint density at radius 3 is 2.42 bits per heavy atom. The van der Waals surface area contributed by atoms with Crippen molar-refractivity contribution in [1.82, 2.24) is 0 Å². The SMILES string of the molecule is N#CC(Br)=C(S)c1ccccc1. The summed E-state index contributed by atoms with van der Waals surface area (Å²) in [6.07, 6.45) is 0. The van der Waals surface area contributed by atoms with E-state index in [0.29, 0.717) is 9.39 Å². The molecule has 0 unspecified atom stereocenters. The van der Waals surface area contributed by atoms with Crippen LogP contribution in [0.15, 0.2) is 34.8 Å². The maximum absolute atomic E-state index is 8.56. The summed E-state index contributed by atoms with van der Waals surface area (Å²) in [4.78, 5) is 0.665. The molecule has 0 saturated carbocycles. The number of allylic oxidation sites excluding steroid dienone is 1. The minimum absolute atomic E-state index is 0.456. The van der Waals surface area contributed by atoms with Gasteiger partial charge in [-0.2, -0.15) is 5.26 Å². The molecular formula is C9H6BrNS. The monoisotopic (exact) mass is 239 g/mol. The number of benzene rings is 1. The number of nitriles is 1. The number of rotatable bonds is 1. The molecule has 12 heavy (non-hydrogen) atoms. The van der Waals surface area contributed by atoms with E-state index in [9.17, 15) is 0 Å². The van der Waals surface area contributed by atoms with Crippen molar-refractivity contribution in [2.24, 2.45) is 0 Å². The molecule has 3 heteroatoms. The van der Waals surface area contributed by atoms with Gasteiger partial charge in [-0.05, 0) is 21.5 Å². The molecule has 0 aliphatic carbocycles. The predicted molar refractivity (Wildman–Crippen MR) is 56.9 cm³/mol. The topological polar surface area (TPSA) is 23.8 Å². The van der Waals surface area contributed by atoms with Gasteiger partial charge >= 0.3 is 0 Å². The molecule has 0 spiro atoms. The van der Waals surface area contributed by atoms with E-state index in [0.717, 1.165) is 5.56 Å². The van der Waals surface area contributed by atoms with Gasteiger partial charge in [-0.25, -0.2) is 0 Å². The highest BCUT2D eigenvalue weighted by molar-refractivity contribution is 9.12. The molecule has 0 aromatic heterocycles. The zero-order valence-corrected chi connectivity index (χ0v) is 8.64. The van der Waals surface area contributed by atoms with Gasteiger partial charge in [-0.1, -0.05) is 30.3 Å². The molecule has 1 aromatic rings. The summed E-state index contributed by atoms with van der Waals surface area (Å²) < 4.78 is 0.456. The van der Waals surface area contributed by atoms with E-state index in [1.807, 2.05) is 36.4 Å². The zero-order chi connectivity index (χ0) is 8.97. The molecule has 60 valence electrons. The lowest BCUT2D eigenvalue weighted by atomic mass is 10.2. The van der Waals surface area contributed by atoms with E-state index < -0.39 is 0 Å². The number of nitrogens with zero attached hydrogens (tertiary/aromatic N) is 1. The van der Waals surface area contributed by atoms with E-state index >= 15 is 0 Å². The fourth-order valence-electron chi connectivity index (χ4n) is 0.776. The summed E-state index contributed by atoms with van der Waals surface area (Å²) in [5, 5.41) is 8.56. The van der Waals surface area contributed by atoms with E-state index in [1.54, 1.807) is 0 Å². The van der Waals surface area contributed by atoms with Crippen molar-refractivity contribution in [2.45, 2.75) is 0 Å². The summed E-state index contributed by atoms with van der Waals surface area (Å²) in [5.41, 5.74) is 0.939. The van der Waals surface area contributed by atoms with Crippen LogP contribution < -0.4 is 0 Å². The van der Waals surface area contributed by atoms with Gasteiger partial charge in [0.05, 0.1) is 0 Å². The third-order valence-electron chi connectivity index (χ3n) is 1.35. The van der Waals surface area contributed by atoms with E-state index in [-0.39, 0.29) is 0 Å². The molecule has 0 N–H and O–H groups in total. The van der Waals surface area contributed by atoms with Crippen LogP contribution in [-0.4, -0.2) is 0 Å². The minimum Gasteiger partial charge on any atom is -0.192 e. The van der Waals surface area contributed by atoms with Crippen LogP contribution >= 0.6 is 28.6 Å². The van der Waals surface area contributed by atoms with E-state index in [2.05, 4.69) is 28.6 Å². The van der Waals surface area contributed by atoms with Crippen LogP contribution in [0.2, 0.25) is 0 Å². The summed E-state index contributed by atoms with van der Waals surface area (Å²) in [6, 6.07) is 11.5. The molecule has 0 atom stereocenters. The summed E-state index contributed by atoms with van der Waals surface area (Å²) in [7, 11) is 0. The number of halogens is 1. The Hall–Kier alpha value is -0.720. The number of hydrogen-bond acceptors (Lipinski definition) is 2. The van der Waals surface area contributed by atoms with Crippen molar-refractivity contribution in [1.29, 1.82) is 5.26 Å². The molecule has 0 radical (unpaired) electrons. The van der Waals surface area contributed by atoms with Crippen LogP contribution in [0.4, 0.5) is 0 Å². The molecule has 0 fully saturated rings. The minimum atomic E-state index is 0.456. The fourth-order valence-corrected chi connectivity index (χ4v) is 1.20. The van der Waals surface area contributed by atoms with Crippen LogP contribution in [0.1, 0.15) is 5.56 Å². The zero-order valence-electron chi connectivity index (χ0n) is 6.16. The quantitative estimate of drug-likeness (QED) is 0.591. The van der Waals surface area contributed by atoms with Gasteiger partial charge in [0.2, 0.25) is 0 Å². The van der Waals surface area contributed by atoms with Gasteiger partial charge in [0.15, 0.2) is 0 Å². The lowest BCUT2D eigenvalue weighted by Crippen LogP contribution is -1.77. The standard InChI is InChI=1S/C9H6BrNS/c10-8(6-11)9(12)7-4-2-1-3-5-7/h1-5,12H. The van der Waals surface area contributed by atoms with Gasteiger partial charge < -0.3 is 0 Å². The lowest BCUT2D eigenvalue weighted by Gasteiger charge is -1.98. The molecule has 0 saturated heterocycles. The van der Waals surface area contributed by atoms with Crippen molar-refractivity contribution in [3.63, 3.8) is 0 Å². The molecule has 1 rings (SSSR count). The molecule has 0 aliphatic heterocycles. The Kier molecular flexibility index (Phi) is 3.39. The molecule has 1 aromatic carbocycles. The second kappa shape index (κ2) is 4.34. The van der Waals surface area contributed by atoms with Crippen LogP contribution in [0.5, 0.6) is 0 Å². The first-order chi connectivity index (χ1) is 5.75.